The van der Waals surface area contributed by atoms with Crippen LogP contribution in [0.1, 0.15) is 47.0 Å². The maximum absolute atomic E-state index is 10.3. The summed E-state index contributed by atoms with van der Waals surface area (Å²) < 4.78 is 4.41. The van der Waals surface area contributed by atoms with Gasteiger partial charge < -0.3 is 4.74 Å². The Hall–Kier alpha value is -0.465. The van der Waals surface area contributed by atoms with Crippen molar-refractivity contribution in [3.63, 3.8) is 0 Å². The summed E-state index contributed by atoms with van der Waals surface area (Å²) in [4.78, 5) is 10.3. The number of unbranched alkanes of at least 4 members (excludes halogenated alkanes) is 1. The SMILES string of the molecule is CCB(CC)CC.CCCCC(=O)OC. The van der Waals surface area contributed by atoms with Crippen LogP contribution in [0.15, 0.2) is 0 Å². The van der Waals surface area contributed by atoms with Gasteiger partial charge in [-0.1, -0.05) is 53.1 Å². The first-order valence-corrected chi connectivity index (χ1v) is 6.22. The highest BCUT2D eigenvalue weighted by molar-refractivity contribution is 6.58. The normalized spacial score (nSPS) is 8.87. The van der Waals surface area contributed by atoms with Crippen molar-refractivity contribution in [2.75, 3.05) is 7.11 Å². The molecule has 0 aromatic rings. The summed E-state index contributed by atoms with van der Waals surface area (Å²) in [6, 6.07) is 0. The van der Waals surface area contributed by atoms with Crippen molar-refractivity contribution < 1.29 is 9.53 Å². The lowest BCUT2D eigenvalue weighted by molar-refractivity contribution is -0.140. The fourth-order valence-corrected chi connectivity index (χ4v) is 1.29. The summed E-state index contributed by atoms with van der Waals surface area (Å²) in [6.07, 6.45) is 6.61. The van der Waals surface area contributed by atoms with Crippen molar-refractivity contribution in [3.8, 4) is 0 Å². The monoisotopic (exact) mass is 214 g/mol. The molecule has 0 saturated carbocycles. The number of methoxy groups -OCH3 is 1. The van der Waals surface area contributed by atoms with Crippen molar-refractivity contribution in [2.45, 2.75) is 65.9 Å². The number of carbonyl (C=O) groups excluding carboxylic acids is 1. The molecule has 0 amide bonds. The number of ether oxygens (including phenoxy) is 1. The zero-order chi connectivity index (χ0) is 12.1. The Morgan fingerprint density at radius 1 is 1.07 bits per heavy atom. The van der Waals surface area contributed by atoms with Gasteiger partial charge in [-0.15, -0.1) is 0 Å². The standard InChI is InChI=1S/C6H15B.C6H12O2/c1-4-7(5-2)6-3;1-3-4-5-6(7)8-2/h4-6H2,1-3H3;3-5H2,1-2H3. The minimum Gasteiger partial charge on any atom is -0.469 e. The van der Waals surface area contributed by atoms with Crippen molar-refractivity contribution in [2.24, 2.45) is 0 Å². The number of esters is 1. The smallest absolute Gasteiger partial charge is 0.305 e. The van der Waals surface area contributed by atoms with Crippen LogP contribution in [0.5, 0.6) is 0 Å². The van der Waals surface area contributed by atoms with Crippen LogP contribution < -0.4 is 0 Å². The third-order valence-electron chi connectivity index (χ3n) is 2.69. The van der Waals surface area contributed by atoms with E-state index in [0.717, 1.165) is 19.6 Å². The Morgan fingerprint density at radius 3 is 1.73 bits per heavy atom. The van der Waals surface area contributed by atoms with E-state index in [-0.39, 0.29) is 5.97 Å². The number of rotatable bonds is 6. The lowest BCUT2D eigenvalue weighted by Crippen LogP contribution is -2.04. The zero-order valence-corrected chi connectivity index (χ0v) is 11.1. The fraction of sp³-hybridized carbons (Fsp3) is 0.917. The summed E-state index contributed by atoms with van der Waals surface area (Å²) in [5.41, 5.74) is 0. The van der Waals surface area contributed by atoms with Gasteiger partial charge in [0.1, 0.15) is 6.71 Å². The molecule has 0 fully saturated rings. The largest absolute Gasteiger partial charge is 0.469 e. The lowest BCUT2D eigenvalue weighted by atomic mass is 9.44. The second kappa shape index (κ2) is 13.5. The van der Waals surface area contributed by atoms with Crippen LogP contribution in [0, 0.1) is 0 Å². The average molecular weight is 214 g/mol. The van der Waals surface area contributed by atoms with Gasteiger partial charge >= 0.3 is 5.97 Å². The van der Waals surface area contributed by atoms with Gasteiger partial charge in [-0.25, -0.2) is 0 Å². The molecule has 15 heavy (non-hydrogen) atoms. The second-order valence-corrected chi connectivity index (χ2v) is 3.77. The third kappa shape index (κ3) is 13.5. The van der Waals surface area contributed by atoms with Gasteiger partial charge in [-0.05, 0) is 6.42 Å². The Kier molecular flexibility index (Phi) is 15.3. The van der Waals surface area contributed by atoms with Crippen molar-refractivity contribution in [1.29, 1.82) is 0 Å². The maximum Gasteiger partial charge on any atom is 0.305 e. The first-order chi connectivity index (χ1) is 7.15. The maximum atomic E-state index is 10.3. The highest BCUT2D eigenvalue weighted by Gasteiger charge is 2.01. The Labute approximate surface area is 95.9 Å². The van der Waals surface area contributed by atoms with Gasteiger partial charge in [0, 0.05) is 6.42 Å². The van der Waals surface area contributed by atoms with Crippen LogP contribution in [0.2, 0.25) is 19.0 Å². The Morgan fingerprint density at radius 2 is 1.53 bits per heavy atom. The molecule has 0 spiro atoms. The van der Waals surface area contributed by atoms with Crippen LogP contribution >= 0.6 is 0 Å². The predicted molar refractivity (Wildman–Crippen MR) is 68.7 cm³/mol. The average Bonchev–Trinajstić information content (AvgIpc) is 2.29. The molecule has 0 rings (SSSR count). The van der Waals surface area contributed by atoms with Crippen LogP contribution in [-0.4, -0.2) is 19.8 Å². The van der Waals surface area contributed by atoms with Crippen LogP contribution in [0.3, 0.4) is 0 Å². The Balaban J connectivity index is 0. The summed E-state index contributed by atoms with van der Waals surface area (Å²) in [7, 11) is 1.41. The molecule has 0 saturated heterocycles. The Bertz CT molecular complexity index is 128. The van der Waals surface area contributed by atoms with Gasteiger partial charge in [0.05, 0.1) is 7.11 Å². The molecule has 2 nitrogen and oxygen atoms in total. The second-order valence-electron chi connectivity index (χ2n) is 3.77. The molecule has 0 aliphatic carbocycles. The molecule has 0 atom stereocenters. The van der Waals surface area contributed by atoms with Gasteiger partial charge in [-0.2, -0.15) is 0 Å². The molecule has 0 N–H and O–H groups in total. The van der Waals surface area contributed by atoms with Crippen LogP contribution in [0.4, 0.5) is 0 Å². The van der Waals surface area contributed by atoms with E-state index in [2.05, 4.69) is 25.5 Å². The van der Waals surface area contributed by atoms with E-state index in [1.807, 2.05) is 6.92 Å². The molecule has 0 heterocycles. The first-order valence-electron chi connectivity index (χ1n) is 6.22. The molecule has 0 aromatic carbocycles. The highest BCUT2D eigenvalue weighted by atomic mass is 16.5. The van der Waals surface area contributed by atoms with E-state index in [0.29, 0.717) is 6.42 Å². The summed E-state index contributed by atoms with van der Waals surface area (Å²) in [6.45, 7) is 9.82. The van der Waals surface area contributed by atoms with Gasteiger partial charge in [0.25, 0.3) is 0 Å². The minimum absolute atomic E-state index is 0.105. The summed E-state index contributed by atoms with van der Waals surface area (Å²) >= 11 is 0. The molecule has 0 aliphatic heterocycles. The van der Waals surface area contributed by atoms with Gasteiger partial charge in [-0.3, -0.25) is 4.79 Å². The zero-order valence-electron chi connectivity index (χ0n) is 11.1. The van der Waals surface area contributed by atoms with Gasteiger partial charge in [0.2, 0.25) is 0 Å². The van der Waals surface area contributed by atoms with E-state index >= 15 is 0 Å². The lowest BCUT2D eigenvalue weighted by Gasteiger charge is -2.00. The van der Waals surface area contributed by atoms with E-state index in [1.54, 1.807) is 0 Å². The van der Waals surface area contributed by atoms with E-state index in [4.69, 9.17) is 0 Å². The third-order valence-corrected chi connectivity index (χ3v) is 2.69. The highest BCUT2D eigenvalue weighted by Crippen LogP contribution is 2.01. The molecular weight excluding hydrogens is 187 g/mol. The van der Waals surface area contributed by atoms with E-state index in [9.17, 15) is 4.79 Å². The number of carbonyl (C=O) groups is 1. The molecule has 90 valence electrons. The number of hydrogen-bond donors (Lipinski definition) is 0. The molecule has 0 bridgehead atoms. The summed E-state index contributed by atoms with van der Waals surface area (Å²) in [5.74, 6) is -0.105. The quantitative estimate of drug-likeness (QED) is 0.495. The minimum atomic E-state index is -0.105. The number of hydrogen-bond acceptors (Lipinski definition) is 2. The van der Waals surface area contributed by atoms with E-state index in [1.165, 1.54) is 26.1 Å². The fourth-order valence-electron chi connectivity index (χ4n) is 1.29. The molecule has 0 radical (unpaired) electrons. The van der Waals surface area contributed by atoms with Gasteiger partial charge in [0.15, 0.2) is 0 Å². The predicted octanol–water partition coefficient (Wildman–Crippen LogP) is 3.89. The first kappa shape index (κ1) is 16.9. The van der Waals surface area contributed by atoms with E-state index < -0.39 is 0 Å². The van der Waals surface area contributed by atoms with Crippen LogP contribution in [-0.2, 0) is 9.53 Å². The molecule has 0 aromatic heterocycles. The molecule has 3 heteroatoms. The van der Waals surface area contributed by atoms with Crippen molar-refractivity contribution >= 4 is 12.7 Å². The topological polar surface area (TPSA) is 26.3 Å². The van der Waals surface area contributed by atoms with Crippen LogP contribution in [0.25, 0.3) is 0 Å². The molecule has 0 unspecified atom stereocenters. The molecule has 0 aliphatic rings. The molecular formula is C12H27BO2. The van der Waals surface area contributed by atoms with Crippen molar-refractivity contribution in [1.82, 2.24) is 0 Å². The van der Waals surface area contributed by atoms with Crippen molar-refractivity contribution in [3.05, 3.63) is 0 Å². The summed E-state index contributed by atoms with van der Waals surface area (Å²) in [5, 5.41) is 0.